The van der Waals surface area contributed by atoms with Crippen LogP contribution in [0.3, 0.4) is 0 Å². The van der Waals surface area contributed by atoms with Gasteiger partial charge in [0.1, 0.15) is 10.7 Å². The van der Waals surface area contributed by atoms with Gasteiger partial charge >= 0.3 is 0 Å². The summed E-state index contributed by atoms with van der Waals surface area (Å²) in [4.78, 5) is -0.166. The fourth-order valence-electron chi connectivity index (χ4n) is 1.70. The van der Waals surface area contributed by atoms with E-state index in [-0.39, 0.29) is 16.4 Å². The van der Waals surface area contributed by atoms with Crippen LogP contribution in [-0.2, 0) is 16.6 Å². The second-order valence-corrected chi connectivity index (χ2v) is 5.97. The molecule has 1 aromatic heterocycles. The summed E-state index contributed by atoms with van der Waals surface area (Å²) in [6, 6.07) is 4.16. The number of hydrogen-bond donors (Lipinski definition) is 2. The van der Waals surface area contributed by atoms with E-state index < -0.39 is 15.8 Å². The molecule has 1 aromatic carbocycles. The largest absolute Gasteiger partial charge is 0.381 e. The number of benzene rings is 1. The van der Waals surface area contributed by atoms with E-state index in [1.54, 1.807) is 19.9 Å². The lowest BCUT2D eigenvalue weighted by atomic mass is 10.2. The van der Waals surface area contributed by atoms with Crippen LogP contribution in [0.15, 0.2) is 29.3 Å². The molecule has 0 saturated heterocycles. The molecule has 0 spiro atoms. The highest BCUT2D eigenvalue weighted by Gasteiger charge is 2.22. The maximum atomic E-state index is 13.6. The predicted octanol–water partition coefficient (Wildman–Crippen LogP) is 1.73. The van der Waals surface area contributed by atoms with Gasteiger partial charge in [-0.15, -0.1) is 0 Å². The Labute approximate surface area is 116 Å². The molecule has 0 radical (unpaired) electrons. The van der Waals surface area contributed by atoms with Crippen LogP contribution in [0.4, 0.5) is 15.9 Å². The van der Waals surface area contributed by atoms with Crippen molar-refractivity contribution < 1.29 is 12.8 Å². The third-order valence-electron chi connectivity index (χ3n) is 2.73. The van der Waals surface area contributed by atoms with Gasteiger partial charge in [-0.2, -0.15) is 5.10 Å². The Morgan fingerprint density at radius 3 is 2.75 bits per heavy atom. The van der Waals surface area contributed by atoms with Crippen LogP contribution in [0.5, 0.6) is 0 Å². The van der Waals surface area contributed by atoms with Gasteiger partial charge in [0.25, 0.3) is 10.0 Å². The zero-order chi connectivity index (χ0) is 14.9. The van der Waals surface area contributed by atoms with Gasteiger partial charge in [-0.25, -0.2) is 12.8 Å². The topological polar surface area (TPSA) is 90.0 Å². The van der Waals surface area contributed by atoms with Crippen molar-refractivity contribution in [1.29, 1.82) is 0 Å². The van der Waals surface area contributed by atoms with E-state index in [2.05, 4.69) is 9.82 Å². The first kappa shape index (κ1) is 14.3. The summed E-state index contributed by atoms with van der Waals surface area (Å²) in [6.07, 6.45) is 1.31. The van der Waals surface area contributed by atoms with Crippen LogP contribution < -0.4 is 10.5 Å². The SMILES string of the molecule is CCn1cc(S(=O)(=O)Nc2cc(C)ccc2F)c(N)n1. The van der Waals surface area contributed by atoms with Crippen LogP contribution in [0.1, 0.15) is 12.5 Å². The van der Waals surface area contributed by atoms with Gasteiger partial charge in [-0.1, -0.05) is 6.07 Å². The number of nitrogens with two attached hydrogens (primary N) is 1. The molecule has 6 nitrogen and oxygen atoms in total. The summed E-state index contributed by atoms with van der Waals surface area (Å²) < 4.78 is 41.6. The number of aryl methyl sites for hydroxylation is 2. The summed E-state index contributed by atoms with van der Waals surface area (Å²) in [5.74, 6) is -0.770. The summed E-state index contributed by atoms with van der Waals surface area (Å²) in [5.41, 5.74) is 6.20. The standard InChI is InChI=1S/C12H15FN4O2S/c1-3-17-7-11(12(14)15-17)20(18,19)16-10-6-8(2)4-5-9(10)13/h4-7,16H,3H2,1-2H3,(H2,14,15). The summed E-state index contributed by atoms with van der Waals surface area (Å²) in [5, 5.41) is 3.86. The molecular weight excluding hydrogens is 283 g/mol. The number of halogens is 1. The smallest absolute Gasteiger partial charge is 0.267 e. The normalized spacial score (nSPS) is 11.6. The minimum Gasteiger partial charge on any atom is -0.381 e. The quantitative estimate of drug-likeness (QED) is 0.899. The van der Waals surface area contributed by atoms with Gasteiger partial charge in [0.2, 0.25) is 0 Å². The molecule has 0 bridgehead atoms. The number of nitrogen functional groups attached to an aromatic ring is 1. The van der Waals surface area contributed by atoms with E-state index in [4.69, 9.17) is 5.73 Å². The second-order valence-electron chi connectivity index (χ2n) is 4.32. The minimum atomic E-state index is -3.97. The fourth-order valence-corrected chi connectivity index (χ4v) is 2.84. The van der Waals surface area contributed by atoms with Crippen LogP contribution in [0, 0.1) is 12.7 Å². The van der Waals surface area contributed by atoms with E-state index in [1.165, 1.54) is 23.0 Å². The Balaban J connectivity index is 2.40. The molecule has 108 valence electrons. The highest BCUT2D eigenvalue weighted by Crippen LogP contribution is 2.23. The highest BCUT2D eigenvalue weighted by atomic mass is 32.2. The van der Waals surface area contributed by atoms with Crippen molar-refractivity contribution in [2.75, 3.05) is 10.5 Å². The van der Waals surface area contributed by atoms with E-state index in [9.17, 15) is 12.8 Å². The first-order valence-corrected chi connectivity index (χ1v) is 7.43. The number of aromatic nitrogens is 2. The molecule has 0 amide bonds. The van der Waals surface area contributed by atoms with Crippen LogP contribution in [0.2, 0.25) is 0 Å². The van der Waals surface area contributed by atoms with E-state index in [1.807, 2.05) is 0 Å². The monoisotopic (exact) mass is 298 g/mol. The Morgan fingerprint density at radius 2 is 2.15 bits per heavy atom. The van der Waals surface area contributed by atoms with Gasteiger partial charge in [-0.05, 0) is 31.5 Å². The molecule has 1 heterocycles. The number of nitrogens with zero attached hydrogens (tertiary/aromatic N) is 2. The maximum absolute atomic E-state index is 13.6. The van der Waals surface area contributed by atoms with Crippen molar-refractivity contribution in [1.82, 2.24) is 9.78 Å². The average Bonchev–Trinajstić information content (AvgIpc) is 2.76. The predicted molar refractivity (Wildman–Crippen MR) is 74.3 cm³/mol. The number of nitrogens with one attached hydrogen (secondary N) is 1. The number of anilines is 2. The van der Waals surface area contributed by atoms with Crippen molar-refractivity contribution >= 4 is 21.5 Å². The van der Waals surface area contributed by atoms with Crippen molar-refractivity contribution in [3.05, 3.63) is 35.8 Å². The number of rotatable bonds is 4. The summed E-state index contributed by atoms with van der Waals surface area (Å²) in [6.45, 7) is 4.02. The molecule has 2 rings (SSSR count). The van der Waals surface area contributed by atoms with E-state index in [0.717, 1.165) is 5.56 Å². The van der Waals surface area contributed by atoms with Gasteiger partial charge < -0.3 is 5.73 Å². The summed E-state index contributed by atoms with van der Waals surface area (Å²) >= 11 is 0. The second kappa shape index (κ2) is 5.12. The van der Waals surface area contributed by atoms with Crippen LogP contribution in [-0.4, -0.2) is 18.2 Å². The Kier molecular flexibility index (Phi) is 3.67. The van der Waals surface area contributed by atoms with Crippen molar-refractivity contribution in [2.24, 2.45) is 0 Å². The van der Waals surface area contributed by atoms with E-state index in [0.29, 0.717) is 6.54 Å². The van der Waals surface area contributed by atoms with Crippen molar-refractivity contribution in [3.63, 3.8) is 0 Å². The van der Waals surface area contributed by atoms with Crippen molar-refractivity contribution in [3.8, 4) is 0 Å². The maximum Gasteiger partial charge on any atom is 0.267 e. The molecular formula is C12H15FN4O2S. The minimum absolute atomic E-state index is 0.117. The highest BCUT2D eigenvalue weighted by molar-refractivity contribution is 7.92. The Hall–Kier alpha value is -2.09. The Morgan fingerprint density at radius 1 is 1.45 bits per heavy atom. The lowest BCUT2D eigenvalue weighted by molar-refractivity contribution is 0.598. The molecule has 8 heteroatoms. The molecule has 2 aromatic rings. The average molecular weight is 298 g/mol. The van der Waals surface area contributed by atoms with Gasteiger partial charge in [0, 0.05) is 12.7 Å². The lowest BCUT2D eigenvalue weighted by Crippen LogP contribution is -2.15. The number of hydrogen-bond acceptors (Lipinski definition) is 4. The molecule has 0 unspecified atom stereocenters. The first-order chi connectivity index (χ1) is 9.33. The third kappa shape index (κ3) is 2.74. The van der Waals surface area contributed by atoms with E-state index >= 15 is 0 Å². The number of sulfonamides is 1. The molecule has 0 aliphatic rings. The zero-order valence-corrected chi connectivity index (χ0v) is 11.9. The molecule has 3 N–H and O–H groups in total. The van der Waals surface area contributed by atoms with Crippen LogP contribution in [0.25, 0.3) is 0 Å². The molecule has 20 heavy (non-hydrogen) atoms. The van der Waals surface area contributed by atoms with Gasteiger partial charge in [0.05, 0.1) is 5.69 Å². The summed E-state index contributed by atoms with van der Waals surface area (Å²) in [7, 11) is -3.97. The third-order valence-corrected chi connectivity index (χ3v) is 4.12. The van der Waals surface area contributed by atoms with Crippen LogP contribution >= 0.6 is 0 Å². The van der Waals surface area contributed by atoms with Gasteiger partial charge in [-0.3, -0.25) is 9.40 Å². The first-order valence-electron chi connectivity index (χ1n) is 5.95. The molecule has 0 aliphatic carbocycles. The molecule has 0 fully saturated rings. The van der Waals surface area contributed by atoms with Crippen molar-refractivity contribution in [2.45, 2.75) is 25.3 Å². The molecule has 0 atom stereocenters. The Bertz CT molecular complexity index is 740. The van der Waals surface area contributed by atoms with Gasteiger partial charge in [0.15, 0.2) is 5.82 Å². The lowest BCUT2D eigenvalue weighted by Gasteiger charge is -2.08. The molecule has 0 saturated carbocycles. The molecule has 0 aliphatic heterocycles. The fraction of sp³-hybridized carbons (Fsp3) is 0.250. The zero-order valence-electron chi connectivity index (χ0n) is 11.1.